The van der Waals surface area contributed by atoms with Crippen molar-refractivity contribution in [1.29, 1.82) is 0 Å². The van der Waals surface area contributed by atoms with Crippen LogP contribution >= 0.6 is 0 Å². The van der Waals surface area contributed by atoms with Gasteiger partial charge in [0.15, 0.2) is 11.4 Å². The van der Waals surface area contributed by atoms with Crippen LogP contribution in [0.1, 0.15) is 21.5 Å². The van der Waals surface area contributed by atoms with Gasteiger partial charge in [-0.2, -0.15) is 4.52 Å². The van der Waals surface area contributed by atoms with Crippen molar-refractivity contribution in [2.45, 2.75) is 6.92 Å². The molecule has 0 aliphatic heterocycles. The zero-order valence-corrected chi connectivity index (χ0v) is 13.0. The van der Waals surface area contributed by atoms with E-state index in [1.807, 2.05) is 61.5 Å². The van der Waals surface area contributed by atoms with Gasteiger partial charge in [0.25, 0.3) is 0 Å². The second-order valence-corrected chi connectivity index (χ2v) is 5.64. The molecule has 0 N–H and O–H groups in total. The predicted octanol–water partition coefficient (Wildman–Crippen LogP) is 3.48. The highest BCUT2D eigenvalue weighted by atomic mass is 16.1. The Labute approximate surface area is 138 Å². The number of benzene rings is 2. The number of tetrazole rings is 1. The van der Waals surface area contributed by atoms with Gasteiger partial charge in [0, 0.05) is 16.5 Å². The van der Waals surface area contributed by atoms with Crippen LogP contribution in [0.4, 0.5) is 0 Å². The van der Waals surface area contributed by atoms with Crippen molar-refractivity contribution in [3.05, 3.63) is 77.4 Å². The highest BCUT2D eigenvalue weighted by Gasteiger charge is 2.08. The quantitative estimate of drug-likeness (QED) is 0.429. The van der Waals surface area contributed by atoms with Crippen molar-refractivity contribution < 1.29 is 4.79 Å². The van der Waals surface area contributed by atoms with Gasteiger partial charge in [-0.1, -0.05) is 48.0 Å². The number of carbonyl (C=O) groups excluding carboxylic acids is 1. The molecule has 0 amide bonds. The summed E-state index contributed by atoms with van der Waals surface area (Å²) in [6.07, 6.45) is 3.32. The average molecular weight is 314 g/mol. The zero-order valence-electron chi connectivity index (χ0n) is 13.0. The first-order valence-corrected chi connectivity index (χ1v) is 7.61. The van der Waals surface area contributed by atoms with E-state index in [9.17, 15) is 4.79 Å². The van der Waals surface area contributed by atoms with E-state index >= 15 is 0 Å². The van der Waals surface area contributed by atoms with Crippen LogP contribution in [0.2, 0.25) is 0 Å². The standard InChI is InChI=1S/C19H14N4O/c1-13-6-8-14(9-7-13)18(24)11-10-16-12-15-4-2-3-5-17(15)23-19(16)20-21-22-23/h2-12H,1H3/b11-10+. The van der Waals surface area contributed by atoms with Crippen LogP contribution in [0.15, 0.2) is 60.7 Å². The summed E-state index contributed by atoms with van der Waals surface area (Å²) in [4.78, 5) is 12.3. The molecule has 5 nitrogen and oxygen atoms in total. The number of ketones is 1. The number of aryl methyl sites for hydroxylation is 1. The number of pyridine rings is 1. The summed E-state index contributed by atoms with van der Waals surface area (Å²) in [5, 5.41) is 12.9. The third-order valence-corrected chi connectivity index (χ3v) is 3.95. The summed E-state index contributed by atoms with van der Waals surface area (Å²) in [6.45, 7) is 1.99. The molecule has 116 valence electrons. The number of allylic oxidation sites excluding steroid dienone is 1. The Morgan fingerprint density at radius 3 is 2.71 bits per heavy atom. The van der Waals surface area contributed by atoms with Crippen molar-refractivity contribution in [3.8, 4) is 0 Å². The van der Waals surface area contributed by atoms with Gasteiger partial charge >= 0.3 is 0 Å². The Kier molecular flexibility index (Phi) is 3.39. The first kappa shape index (κ1) is 14.3. The molecular formula is C19H14N4O. The molecule has 4 aromatic rings. The van der Waals surface area contributed by atoms with E-state index in [0.29, 0.717) is 11.2 Å². The summed E-state index contributed by atoms with van der Waals surface area (Å²) in [6, 6.07) is 17.4. The van der Waals surface area contributed by atoms with E-state index in [-0.39, 0.29) is 5.78 Å². The fraction of sp³-hybridized carbons (Fsp3) is 0.0526. The number of fused-ring (bicyclic) bond motifs is 3. The summed E-state index contributed by atoms with van der Waals surface area (Å²) in [5.41, 5.74) is 4.15. The van der Waals surface area contributed by atoms with Gasteiger partial charge in [-0.3, -0.25) is 4.79 Å². The fourth-order valence-corrected chi connectivity index (χ4v) is 2.67. The number of aromatic nitrogens is 4. The highest BCUT2D eigenvalue weighted by Crippen LogP contribution is 2.20. The monoisotopic (exact) mass is 314 g/mol. The normalized spacial score (nSPS) is 11.5. The number of carbonyl (C=O) groups is 1. The molecule has 4 rings (SSSR count). The van der Waals surface area contributed by atoms with E-state index in [2.05, 4.69) is 15.5 Å². The van der Waals surface area contributed by atoms with E-state index in [0.717, 1.165) is 22.0 Å². The molecule has 0 atom stereocenters. The number of para-hydroxylation sites is 1. The molecule has 0 aliphatic carbocycles. The molecule has 2 aromatic heterocycles. The Morgan fingerprint density at radius 1 is 1.08 bits per heavy atom. The fourth-order valence-electron chi connectivity index (χ4n) is 2.67. The summed E-state index contributed by atoms with van der Waals surface area (Å²) < 4.78 is 1.69. The number of hydrogen-bond donors (Lipinski definition) is 0. The van der Waals surface area contributed by atoms with Crippen LogP contribution in [0.25, 0.3) is 22.6 Å². The Balaban J connectivity index is 1.76. The minimum absolute atomic E-state index is 0.0474. The second-order valence-electron chi connectivity index (χ2n) is 5.64. The summed E-state index contributed by atoms with van der Waals surface area (Å²) in [7, 11) is 0. The Morgan fingerprint density at radius 2 is 1.88 bits per heavy atom. The predicted molar refractivity (Wildman–Crippen MR) is 92.8 cm³/mol. The maximum Gasteiger partial charge on any atom is 0.187 e. The van der Waals surface area contributed by atoms with Crippen LogP contribution in [0, 0.1) is 6.92 Å². The summed E-state index contributed by atoms with van der Waals surface area (Å²) >= 11 is 0. The van der Waals surface area contributed by atoms with Crippen LogP contribution < -0.4 is 0 Å². The molecule has 0 aliphatic rings. The molecule has 0 radical (unpaired) electrons. The molecule has 2 heterocycles. The Bertz CT molecular complexity index is 1080. The van der Waals surface area contributed by atoms with Gasteiger partial charge in [0.1, 0.15) is 0 Å². The molecule has 0 saturated carbocycles. The van der Waals surface area contributed by atoms with Gasteiger partial charge < -0.3 is 0 Å². The lowest BCUT2D eigenvalue weighted by Crippen LogP contribution is -1.95. The number of hydrogen-bond acceptors (Lipinski definition) is 4. The second kappa shape index (κ2) is 5.70. The molecule has 2 aromatic carbocycles. The lowest BCUT2D eigenvalue weighted by atomic mass is 10.1. The minimum Gasteiger partial charge on any atom is -0.289 e. The van der Waals surface area contributed by atoms with E-state index in [4.69, 9.17) is 0 Å². The number of rotatable bonds is 3. The smallest absolute Gasteiger partial charge is 0.187 e. The molecule has 5 heteroatoms. The lowest BCUT2D eigenvalue weighted by Gasteiger charge is -2.02. The third-order valence-electron chi connectivity index (χ3n) is 3.95. The Hall–Kier alpha value is -3.34. The van der Waals surface area contributed by atoms with Gasteiger partial charge in [-0.25, -0.2) is 0 Å². The van der Waals surface area contributed by atoms with Gasteiger partial charge in [-0.05, 0) is 41.6 Å². The lowest BCUT2D eigenvalue weighted by molar-refractivity contribution is 0.104. The van der Waals surface area contributed by atoms with Crippen molar-refractivity contribution in [2.75, 3.05) is 0 Å². The van der Waals surface area contributed by atoms with Crippen LogP contribution in [-0.4, -0.2) is 25.8 Å². The maximum atomic E-state index is 12.3. The zero-order chi connectivity index (χ0) is 16.5. The molecule has 0 bridgehead atoms. The van der Waals surface area contributed by atoms with E-state index in [1.54, 1.807) is 16.7 Å². The molecular weight excluding hydrogens is 300 g/mol. The molecule has 24 heavy (non-hydrogen) atoms. The van der Waals surface area contributed by atoms with Crippen molar-refractivity contribution in [1.82, 2.24) is 20.0 Å². The van der Waals surface area contributed by atoms with Crippen LogP contribution in [0.5, 0.6) is 0 Å². The summed E-state index contributed by atoms with van der Waals surface area (Å²) in [5.74, 6) is -0.0474. The van der Waals surface area contributed by atoms with Gasteiger partial charge in [0.2, 0.25) is 0 Å². The highest BCUT2D eigenvalue weighted by molar-refractivity contribution is 6.07. The van der Waals surface area contributed by atoms with Crippen molar-refractivity contribution in [2.24, 2.45) is 0 Å². The van der Waals surface area contributed by atoms with E-state index < -0.39 is 0 Å². The third kappa shape index (κ3) is 2.46. The molecule has 0 spiro atoms. The van der Waals surface area contributed by atoms with Gasteiger partial charge in [0.05, 0.1) is 5.52 Å². The first-order valence-electron chi connectivity index (χ1n) is 7.61. The molecule has 0 saturated heterocycles. The molecule has 0 unspecified atom stereocenters. The number of nitrogens with zero attached hydrogens (tertiary/aromatic N) is 4. The average Bonchev–Trinajstić information content (AvgIpc) is 3.10. The maximum absolute atomic E-state index is 12.3. The molecule has 0 fully saturated rings. The van der Waals surface area contributed by atoms with Crippen molar-refractivity contribution >= 4 is 28.4 Å². The first-order chi connectivity index (χ1) is 11.7. The van der Waals surface area contributed by atoms with Crippen LogP contribution in [0.3, 0.4) is 0 Å². The topological polar surface area (TPSA) is 60.2 Å². The van der Waals surface area contributed by atoms with Gasteiger partial charge in [-0.15, -0.1) is 5.10 Å². The van der Waals surface area contributed by atoms with Crippen molar-refractivity contribution in [3.63, 3.8) is 0 Å². The SMILES string of the molecule is Cc1ccc(C(=O)/C=C/c2cc3ccccc3n3nnnc23)cc1. The van der Waals surface area contributed by atoms with E-state index in [1.165, 1.54) is 0 Å². The largest absolute Gasteiger partial charge is 0.289 e. The van der Waals surface area contributed by atoms with Crippen LogP contribution in [-0.2, 0) is 0 Å². The minimum atomic E-state index is -0.0474.